The van der Waals surface area contributed by atoms with Crippen LogP contribution in [0, 0.1) is 6.92 Å². The first kappa shape index (κ1) is 16.5. The molecule has 21 heavy (non-hydrogen) atoms. The van der Waals surface area contributed by atoms with Gasteiger partial charge in [0.1, 0.15) is 0 Å². The van der Waals surface area contributed by atoms with Crippen LogP contribution in [0.3, 0.4) is 0 Å². The molecule has 4 nitrogen and oxygen atoms in total. The Morgan fingerprint density at radius 1 is 1.33 bits per heavy atom. The molecule has 0 aromatic carbocycles. The smallest absolute Gasteiger partial charge is 0.263 e. The molecule has 1 N–H and O–H groups in total. The van der Waals surface area contributed by atoms with Gasteiger partial charge in [0.05, 0.1) is 11.5 Å². The molecule has 1 aromatic rings. The van der Waals surface area contributed by atoms with Crippen molar-refractivity contribution in [3.8, 4) is 0 Å². The van der Waals surface area contributed by atoms with Crippen molar-refractivity contribution in [2.24, 2.45) is 0 Å². The number of hydrogen-bond acceptors (Lipinski definition) is 4. The molecule has 1 amide bonds. The molecule has 1 fully saturated rings. The lowest BCUT2D eigenvalue weighted by molar-refractivity contribution is 0.0765. The summed E-state index contributed by atoms with van der Waals surface area (Å²) in [5, 5.41) is 9.03. The Morgan fingerprint density at radius 2 is 2.14 bits per heavy atom. The number of carbonyl (C=O) groups is 1. The number of carbonyl (C=O) groups excluding carboxylic acids is 1. The quantitative estimate of drug-likeness (QED) is 0.906. The SMILES string of the molecule is CCCc1cc(C(=O)N2CCCN(CCO)CC2)sc1C. The van der Waals surface area contributed by atoms with Crippen LogP contribution in [-0.2, 0) is 6.42 Å². The van der Waals surface area contributed by atoms with E-state index in [1.807, 2.05) is 4.90 Å². The van der Waals surface area contributed by atoms with Gasteiger partial charge in [-0.3, -0.25) is 9.69 Å². The third-order valence-corrected chi connectivity index (χ3v) is 5.12. The van der Waals surface area contributed by atoms with Crippen molar-refractivity contribution in [2.75, 3.05) is 39.3 Å². The average molecular weight is 310 g/mol. The lowest BCUT2D eigenvalue weighted by atomic mass is 10.1. The van der Waals surface area contributed by atoms with Gasteiger partial charge in [-0.25, -0.2) is 0 Å². The zero-order valence-corrected chi connectivity index (χ0v) is 13.9. The van der Waals surface area contributed by atoms with Crippen LogP contribution in [0.2, 0.25) is 0 Å². The van der Waals surface area contributed by atoms with Crippen molar-refractivity contribution in [2.45, 2.75) is 33.1 Å². The number of thiophene rings is 1. The van der Waals surface area contributed by atoms with Gasteiger partial charge in [0.2, 0.25) is 0 Å². The maximum absolute atomic E-state index is 12.7. The van der Waals surface area contributed by atoms with Gasteiger partial charge in [-0.1, -0.05) is 13.3 Å². The highest BCUT2D eigenvalue weighted by Crippen LogP contribution is 2.24. The Kier molecular flexibility index (Phi) is 6.21. The average Bonchev–Trinajstić information content (AvgIpc) is 2.69. The molecule has 0 saturated carbocycles. The zero-order valence-electron chi connectivity index (χ0n) is 13.1. The lowest BCUT2D eigenvalue weighted by Gasteiger charge is -2.20. The van der Waals surface area contributed by atoms with Gasteiger partial charge in [0.15, 0.2) is 0 Å². The number of aliphatic hydroxyl groups excluding tert-OH is 1. The van der Waals surface area contributed by atoms with E-state index < -0.39 is 0 Å². The molecule has 1 aliphatic rings. The maximum atomic E-state index is 12.7. The molecule has 0 radical (unpaired) electrons. The van der Waals surface area contributed by atoms with E-state index in [1.165, 1.54) is 10.4 Å². The standard InChI is InChI=1S/C16H26N2O2S/c1-3-5-14-12-15(21-13(14)2)16(20)18-7-4-6-17(8-9-18)10-11-19/h12,19H,3-11H2,1-2H3. The Bertz CT molecular complexity index is 473. The molecule has 0 aliphatic carbocycles. The summed E-state index contributed by atoms with van der Waals surface area (Å²) in [6.07, 6.45) is 3.16. The van der Waals surface area contributed by atoms with Crippen molar-refractivity contribution < 1.29 is 9.90 Å². The molecular formula is C16H26N2O2S. The number of aryl methyl sites for hydroxylation is 2. The first-order chi connectivity index (χ1) is 10.2. The molecule has 0 bridgehead atoms. The highest BCUT2D eigenvalue weighted by atomic mass is 32.1. The summed E-state index contributed by atoms with van der Waals surface area (Å²) in [5.74, 6) is 0.177. The van der Waals surface area contributed by atoms with E-state index in [1.54, 1.807) is 11.3 Å². The summed E-state index contributed by atoms with van der Waals surface area (Å²) in [7, 11) is 0. The number of aliphatic hydroxyl groups is 1. The van der Waals surface area contributed by atoms with E-state index in [9.17, 15) is 4.79 Å². The second-order valence-electron chi connectivity index (χ2n) is 5.65. The molecular weight excluding hydrogens is 284 g/mol. The highest BCUT2D eigenvalue weighted by molar-refractivity contribution is 7.14. The van der Waals surface area contributed by atoms with Crippen molar-refractivity contribution in [1.82, 2.24) is 9.80 Å². The summed E-state index contributed by atoms with van der Waals surface area (Å²) in [4.78, 5) is 19.0. The van der Waals surface area contributed by atoms with Crippen LogP contribution in [-0.4, -0.2) is 60.1 Å². The normalized spacial score (nSPS) is 17.0. The predicted octanol–water partition coefficient (Wildman–Crippen LogP) is 2.15. The van der Waals surface area contributed by atoms with Gasteiger partial charge in [-0.05, 0) is 37.9 Å². The summed E-state index contributed by atoms with van der Waals surface area (Å²) < 4.78 is 0. The maximum Gasteiger partial charge on any atom is 0.263 e. The van der Waals surface area contributed by atoms with E-state index in [-0.39, 0.29) is 12.5 Å². The van der Waals surface area contributed by atoms with Crippen molar-refractivity contribution in [3.05, 3.63) is 21.4 Å². The van der Waals surface area contributed by atoms with E-state index in [0.717, 1.165) is 50.3 Å². The first-order valence-corrected chi connectivity index (χ1v) is 8.69. The van der Waals surface area contributed by atoms with Crippen LogP contribution >= 0.6 is 11.3 Å². The summed E-state index contributed by atoms with van der Waals surface area (Å²) >= 11 is 1.63. The fraction of sp³-hybridized carbons (Fsp3) is 0.688. The second kappa shape index (κ2) is 7.92. The summed E-state index contributed by atoms with van der Waals surface area (Å²) in [6.45, 7) is 8.59. The highest BCUT2D eigenvalue weighted by Gasteiger charge is 2.22. The molecule has 0 unspecified atom stereocenters. The van der Waals surface area contributed by atoms with Gasteiger partial charge < -0.3 is 10.0 Å². The molecule has 0 atom stereocenters. The van der Waals surface area contributed by atoms with E-state index in [4.69, 9.17) is 5.11 Å². The number of amides is 1. The largest absolute Gasteiger partial charge is 0.395 e. The van der Waals surface area contributed by atoms with Crippen LogP contribution in [0.25, 0.3) is 0 Å². The number of β-amino-alcohol motifs (C(OH)–C–C–N with tert-alkyl or cyclic N) is 1. The minimum Gasteiger partial charge on any atom is -0.395 e. The Hall–Kier alpha value is -0.910. The predicted molar refractivity (Wildman–Crippen MR) is 87.1 cm³/mol. The molecule has 0 spiro atoms. The Balaban J connectivity index is 2.00. The van der Waals surface area contributed by atoms with E-state index in [2.05, 4.69) is 24.8 Å². The topological polar surface area (TPSA) is 43.8 Å². The van der Waals surface area contributed by atoms with Crippen LogP contribution < -0.4 is 0 Å². The Morgan fingerprint density at radius 3 is 2.86 bits per heavy atom. The monoisotopic (exact) mass is 310 g/mol. The minimum absolute atomic E-state index is 0.177. The third-order valence-electron chi connectivity index (χ3n) is 4.04. The van der Waals surface area contributed by atoms with E-state index >= 15 is 0 Å². The van der Waals surface area contributed by atoms with Gasteiger partial charge >= 0.3 is 0 Å². The van der Waals surface area contributed by atoms with Gasteiger partial charge in [-0.2, -0.15) is 0 Å². The van der Waals surface area contributed by atoms with Gasteiger partial charge in [0.25, 0.3) is 5.91 Å². The van der Waals surface area contributed by atoms with Crippen LogP contribution in [0.15, 0.2) is 6.07 Å². The summed E-state index contributed by atoms with van der Waals surface area (Å²) in [6, 6.07) is 2.09. The molecule has 1 aromatic heterocycles. The summed E-state index contributed by atoms with van der Waals surface area (Å²) in [5.41, 5.74) is 1.32. The van der Waals surface area contributed by atoms with Crippen molar-refractivity contribution >= 4 is 17.2 Å². The van der Waals surface area contributed by atoms with Crippen molar-refractivity contribution in [3.63, 3.8) is 0 Å². The van der Waals surface area contributed by atoms with Gasteiger partial charge in [0, 0.05) is 31.1 Å². The Labute approximate surface area is 131 Å². The van der Waals surface area contributed by atoms with Crippen LogP contribution in [0.5, 0.6) is 0 Å². The molecule has 5 heteroatoms. The molecule has 2 rings (SSSR count). The number of hydrogen-bond donors (Lipinski definition) is 1. The lowest BCUT2D eigenvalue weighted by Crippen LogP contribution is -2.35. The second-order valence-corrected chi connectivity index (χ2v) is 6.91. The third kappa shape index (κ3) is 4.28. The van der Waals surface area contributed by atoms with E-state index in [0.29, 0.717) is 6.54 Å². The van der Waals surface area contributed by atoms with Crippen molar-refractivity contribution in [1.29, 1.82) is 0 Å². The minimum atomic E-state index is 0.177. The molecule has 118 valence electrons. The fourth-order valence-corrected chi connectivity index (χ4v) is 3.88. The van der Waals surface area contributed by atoms with Gasteiger partial charge in [-0.15, -0.1) is 11.3 Å². The fourth-order valence-electron chi connectivity index (χ4n) is 2.84. The first-order valence-electron chi connectivity index (χ1n) is 7.87. The molecule has 1 saturated heterocycles. The van der Waals surface area contributed by atoms with Crippen LogP contribution in [0.1, 0.15) is 39.9 Å². The molecule has 2 heterocycles. The van der Waals surface area contributed by atoms with Crippen LogP contribution in [0.4, 0.5) is 0 Å². The number of rotatable bonds is 5. The molecule has 1 aliphatic heterocycles. The number of nitrogens with zero attached hydrogens (tertiary/aromatic N) is 2. The zero-order chi connectivity index (χ0) is 15.2.